The Hall–Kier alpha value is -7.42. The summed E-state index contributed by atoms with van der Waals surface area (Å²) in [7, 11) is 0. The van der Waals surface area contributed by atoms with Gasteiger partial charge in [-0.25, -0.2) is 29.5 Å². The number of imidazole rings is 2. The summed E-state index contributed by atoms with van der Waals surface area (Å²) in [4.78, 5) is 44.5. The van der Waals surface area contributed by atoms with Crippen molar-refractivity contribution in [3.63, 3.8) is 0 Å². The highest BCUT2D eigenvalue weighted by molar-refractivity contribution is 6.07. The Labute approximate surface area is 378 Å². The number of carbonyl (C=O) groups is 2. The monoisotopic (exact) mass is 874 g/mol. The van der Waals surface area contributed by atoms with Gasteiger partial charge in [-0.05, 0) is 99.2 Å². The molecule has 4 heterocycles. The van der Waals surface area contributed by atoms with Crippen LogP contribution in [0.4, 0.5) is 32.6 Å². The zero-order chi connectivity index (χ0) is 45.1. The Morgan fingerprint density at radius 2 is 0.954 bits per heavy atom. The van der Waals surface area contributed by atoms with Gasteiger partial charge in [0.2, 0.25) is 0 Å². The van der Waals surface area contributed by atoms with Crippen LogP contribution in [0.15, 0.2) is 97.1 Å². The van der Waals surface area contributed by atoms with Crippen molar-refractivity contribution in [1.82, 2.24) is 39.7 Å². The number of ether oxygens (including phenoxy) is 1. The van der Waals surface area contributed by atoms with Gasteiger partial charge in [0, 0.05) is 61.2 Å². The van der Waals surface area contributed by atoms with Crippen LogP contribution in [0.2, 0.25) is 0 Å². The van der Waals surface area contributed by atoms with Crippen molar-refractivity contribution in [1.29, 1.82) is 0 Å². The molecule has 8 rings (SSSR count). The molecular weight excluding hydrogens is 817 g/mol. The number of fused-ring (bicyclic) bond motifs is 6. The van der Waals surface area contributed by atoms with Crippen molar-refractivity contribution < 1.29 is 14.3 Å². The van der Waals surface area contributed by atoms with E-state index in [0.29, 0.717) is 47.6 Å². The third-order valence-corrected chi connectivity index (χ3v) is 11.5. The van der Waals surface area contributed by atoms with Gasteiger partial charge in [0.25, 0.3) is 0 Å². The molecule has 0 atom stereocenters. The molecule has 336 valence electrons. The van der Waals surface area contributed by atoms with E-state index in [4.69, 9.17) is 26.2 Å². The lowest BCUT2D eigenvalue weighted by molar-refractivity contribution is 0.251. The number of hydrogen-bond donors (Lipinski definition) is 6. The normalized spacial score (nSPS) is 11.4. The van der Waals surface area contributed by atoms with Crippen LogP contribution in [-0.4, -0.2) is 54.2 Å². The van der Waals surface area contributed by atoms with Crippen molar-refractivity contribution in [3.8, 4) is 11.5 Å². The smallest absolute Gasteiger partial charge is 0.319 e. The standard InChI is InChI=1S/C50H58N12O3/c1-3-5-19-41-59-43-45(37-15-7-9-17-39(37)57-47(43)51)61(41)31-13-11-29-53-49(63)55-33-21-25-35(26-22-33)65-36-27-23-34(24-28-36)56-50(64)54-30-12-14-32-62-42(20-6-4-2)60-44-46(62)38-16-8-10-18-40(38)58-48(44)52/h7-10,15-18,21-28H,3-6,11-14,19-20,29-32H2,1-2H3,(H2,51,57)(H2,52,58)(H2,53,55,63)(H2,54,56,64). The number of aryl methyl sites for hydroxylation is 4. The summed E-state index contributed by atoms with van der Waals surface area (Å²) >= 11 is 0. The van der Waals surface area contributed by atoms with Crippen molar-refractivity contribution >= 4 is 78.9 Å². The van der Waals surface area contributed by atoms with Crippen LogP contribution in [0.1, 0.15) is 76.9 Å². The summed E-state index contributed by atoms with van der Waals surface area (Å²) in [6, 6.07) is 29.9. The number of rotatable bonds is 20. The van der Waals surface area contributed by atoms with Crippen LogP contribution in [-0.2, 0) is 25.9 Å². The lowest BCUT2D eigenvalue weighted by Gasteiger charge is -2.12. The third kappa shape index (κ3) is 10.5. The van der Waals surface area contributed by atoms with Gasteiger partial charge in [-0.3, -0.25) is 0 Å². The molecule has 4 aromatic heterocycles. The van der Waals surface area contributed by atoms with Crippen molar-refractivity contribution in [2.45, 2.75) is 91.1 Å². The molecule has 0 aliphatic carbocycles. The highest BCUT2D eigenvalue weighted by Gasteiger charge is 2.19. The van der Waals surface area contributed by atoms with Gasteiger partial charge >= 0.3 is 12.1 Å². The first-order valence-electron chi connectivity index (χ1n) is 22.8. The average molecular weight is 875 g/mol. The zero-order valence-corrected chi connectivity index (χ0v) is 37.2. The molecule has 0 saturated carbocycles. The Bertz CT molecular complexity index is 2710. The molecular formula is C50H58N12O3. The van der Waals surface area contributed by atoms with Crippen LogP contribution in [0, 0.1) is 0 Å². The number of unbranched alkanes of at least 4 members (excludes halogenated alkanes) is 4. The number of aromatic nitrogens is 6. The molecule has 15 heteroatoms. The first-order chi connectivity index (χ1) is 31.8. The Balaban J connectivity index is 0.752. The minimum absolute atomic E-state index is 0.273. The number of nitrogen functional groups attached to an aromatic ring is 2. The number of nitrogens with one attached hydrogen (secondary N) is 4. The van der Waals surface area contributed by atoms with Gasteiger partial charge in [0.1, 0.15) is 34.2 Å². The second kappa shape index (κ2) is 20.8. The molecule has 0 spiro atoms. The first kappa shape index (κ1) is 44.2. The minimum Gasteiger partial charge on any atom is -0.457 e. The number of hydrogen-bond acceptors (Lipinski definition) is 9. The number of amides is 4. The van der Waals surface area contributed by atoms with E-state index in [1.807, 2.05) is 36.4 Å². The summed E-state index contributed by atoms with van der Waals surface area (Å²) in [6.07, 6.45) is 9.28. The molecule has 0 aliphatic heterocycles. The summed E-state index contributed by atoms with van der Waals surface area (Å²) in [6.45, 7) is 6.94. The number of carbonyl (C=O) groups excluding carboxylic acids is 2. The number of nitrogens with zero attached hydrogens (tertiary/aromatic N) is 6. The molecule has 15 nitrogen and oxygen atoms in total. The molecule has 4 aromatic carbocycles. The SMILES string of the molecule is CCCCc1nc2c(N)nc3ccccc3c2n1CCCCNC(=O)Nc1ccc(Oc2ccc(NC(=O)NCCCCn3c(CCCC)nc4c(N)nc5ccccc5c43)cc2)cc1. The van der Waals surface area contributed by atoms with Gasteiger partial charge < -0.3 is 46.6 Å². The average Bonchev–Trinajstić information content (AvgIpc) is 3.88. The quantitative estimate of drug-likeness (QED) is 0.0403. The summed E-state index contributed by atoms with van der Waals surface area (Å²) in [5, 5.41) is 13.8. The summed E-state index contributed by atoms with van der Waals surface area (Å²) in [5.41, 5.74) is 19.3. The van der Waals surface area contributed by atoms with Crippen molar-refractivity contribution in [2.24, 2.45) is 0 Å². The molecule has 0 aliphatic rings. The number of nitrogens with two attached hydrogens (primary N) is 2. The third-order valence-electron chi connectivity index (χ3n) is 11.5. The summed E-state index contributed by atoms with van der Waals surface area (Å²) < 4.78 is 10.6. The fourth-order valence-electron chi connectivity index (χ4n) is 8.24. The number of benzene rings is 4. The Morgan fingerprint density at radius 3 is 1.37 bits per heavy atom. The fourth-order valence-corrected chi connectivity index (χ4v) is 8.24. The lowest BCUT2D eigenvalue weighted by atomic mass is 10.2. The van der Waals surface area contributed by atoms with Gasteiger partial charge in [0.05, 0.1) is 22.1 Å². The van der Waals surface area contributed by atoms with Gasteiger partial charge in [-0.1, -0.05) is 63.1 Å². The fraction of sp³-hybridized carbons (Fsp3) is 0.320. The highest BCUT2D eigenvalue weighted by Crippen LogP contribution is 2.32. The second-order valence-corrected chi connectivity index (χ2v) is 16.3. The Morgan fingerprint density at radius 1 is 0.538 bits per heavy atom. The predicted molar refractivity (Wildman–Crippen MR) is 262 cm³/mol. The van der Waals surface area contributed by atoms with E-state index < -0.39 is 0 Å². The van der Waals surface area contributed by atoms with Gasteiger partial charge in [-0.2, -0.15) is 0 Å². The van der Waals surface area contributed by atoms with E-state index in [9.17, 15) is 9.59 Å². The molecule has 0 radical (unpaired) electrons. The Kier molecular flexibility index (Phi) is 14.2. The molecule has 4 amide bonds. The maximum Gasteiger partial charge on any atom is 0.319 e. The maximum absolute atomic E-state index is 12.7. The van der Waals surface area contributed by atoms with Crippen LogP contribution in [0.5, 0.6) is 11.5 Å². The van der Waals surface area contributed by atoms with Crippen LogP contribution in [0.3, 0.4) is 0 Å². The number of anilines is 4. The minimum atomic E-state index is -0.273. The van der Waals surface area contributed by atoms with E-state index in [1.165, 1.54) is 0 Å². The molecule has 0 bridgehead atoms. The van der Waals surface area contributed by atoms with E-state index >= 15 is 0 Å². The van der Waals surface area contributed by atoms with E-state index in [0.717, 1.165) is 133 Å². The number of para-hydroxylation sites is 2. The number of urea groups is 2. The molecule has 0 fully saturated rings. The summed E-state index contributed by atoms with van der Waals surface area (Å²) in [5.74, 6) is 4.17. The maximum atomic E-state index is 12.7. The largest absolute Gasteiger partial charge is 0.457 e. The highest BCUT2D eigenvalue weighted by atomic mass is 16.5. The predicted octanol–water partition coefficient (Wildman–Crippen LogP) is 10.3. The molecule has 8 aromatic rings. The molecule has 0 saturated heterocycles. The molecule has 8 N–H and O–H groups in total. The van der Waals surface area contributed by atoms with Crippen LogP contribution >= 0.6 is 0 Å². The van der Waals surface area contributed by atoms with E-state index in [-0.39, 0.29) is 12.1 Å². The van der Waals surface area contributed by atoms with Crippen molar-refractivity contribution in [2.75, 3.05) is 35.2 Å². The topological polar surface area (TPSA) is 205 Å². The van der Waals surface area contributed by atoms with E-state index in [2.05, 4.69) is 66.3 Å². The lowest BCUT2D eigenvalue weighted by Crippen LogP contribution is -2.29. The van der Waals surface area contributed by atoms with E-state index in [1.54, 1.807) is 48.5 Å². The van der Waals surface area contributed by atoms with Gasteiger partial charge in [-0.15, -0.1) is 0 Å². The van der Waals surface area contributed by atoms with Crippen LogP contribution < -0.4 is 37.5 Å². The first-order valence-corrected chi connectivity index (χ1v) is 22.8. The second-order valence-electron chi connectivity index (χ2n) is 16.3. The number of pyridine rings is 2. The van der Waals surface area contributed by atoms with Gasteiger partial charge in [0.15, 0.2) is 11.6 Å². The van der Waals surface area contributed by atoms with Crippen LogP contribution in [0.25, 0.3) is 43.9 Å². The zero-order valence-electron chi connectivity index (χ0n) is 37.2. The molecule has 0 unspecified atom stereocenters. The molecule has 65 heavy (non-hydrogen) atoms. The van der Waals surface area contributed by atoms with Crippen molar-refractivity contribution in [3.05, 3.63) is 109 Å².